The van der Waals surface area contributed by atoms with Gasteiger partial charge in [-0.2, -0.15) is 0 Å². The first-order valence-corrected chi connectivity index (χ1v) is 8.05. The van der Waals surface area contributed by atoms with Gasteiger partial charge in [-0.25, -0.2) is 0 Å². The van der Waals surface area contributed by atoms with E-state index in [9.17, 15) is 0 Å². The van der Waals surface area contributed by atoms with Crippen molar-refractivity contribution in [1.82, 2.24) is 15.1 Å². The predicted octanol–water partition coefficient (Wildman–Crippen LogP) is 1.40. The van der Waals surface area contributed by atoms with E-state index in [2.05, 4.69) is 15.1 Å². The molecule has 0 bridgehead atoms. The molecular weight excluding hydrogens is 222 g/mol. The van der Waals surface area contributed by atoms with Crippen LogP contribution in [0.4, 0.5) is 0 Å². The van der Waals surface area contributed by atoms with Gasteiger partial charge in [-0.05, 0) is 63.6 Å². The zero-order valence-corrected chi connectivity index (χ0v) is 11.7. The number of nitrogens with one attached hydrogen (secondary N) is 1. The molecule has 3 rings (SSSR count). The van der Waals surface area contributed by atoms with Crippen LogP contribution in [0.2, 0.25) is 0 Å². The summed E-state index contributed by atoms with van der Waals surface area (Å²) >= 11 is 0. The van der Waals surface area contributed by atoms with Gasteiger partial charge >= 0.3 is 0 Å². The maximum atomic E-state index is 3.47. The van der Waals surface area contributed by atoms with Crippen molar-refractivity contribution in [2.45, 2.75) is 32.1 Å². The molecule has 3 heteroatoms. The van der Waals surface area contributed by atoms with Gasteiger partial charge in [0.15, 0.2) is 0 Å². The first-order chi connectivity index (χ1) is 8.90. The van der Waals surface area contributed by atoms with E-state index < -0.39 is 0 Å². The van der Waals surface area contributed by atoms with Gasteiger partial charge < -0.3 is 15.1 Å². The summed E-state index contributed by atoms with van der Waals surface area (Å²) in [6.07, 6.45) is 7.25. The first-order valence-electron chi connectivity index (χ1n) is 8.05. The molecule has 0 radical (unpaired) electrons. The van der Waals surface area contributed by atoms with Gasteiger partial charge in [0.1, 0.15) is 0 Å². The summed E-state index contributed by atoms with van der Waals surface area (Å²) in [6.45, 7) is 10.5. The maximum Gasteiger partial charge on any atom is 0.0110 e. The third-order valence-corrected chi connectivity index (χ3v) is 4.93. The Kier molecular flexibility index (Phi) is 4.55. The molecule has 3 fully saturated rings. The van der Waals surface area contributed by atoms with Crippen molar-refractivity contribution in [3.05, 3.63) is 0 Å². The summed E-state index contributed by atoms with van der Waals surface area (Å²) in [5, 5.41) is 3.47. The van der Waals surface area contributed by atoms with Crippen molar-refractivity contribution in [2.75, 3.05) is 52.4 Å². The van der Waals surface area contributed by atoms with E-state index in [4.69, 9.17) is 0 Å². The third kappa shape index (κ3) is 3.94. The van der Waals surface area contributed by atoms with E-state index in [1.54, 1.807) is 0 Å². The Morgan fingerprint density at radius 3 is 2.33 bits per heavy atom. The number of piperazine rings is 1. The van der Waals surface area contributed by atoms with E-state index in [1.807, 2.05) is 0 Å². The molecule has 0 aromatic heterocycles. The van der Waals surface area contributed by atoms with Crippen LogP contribution in [-0.4, -0.2) is 62.2 Å². The Hall–Kier alpha value is -0.120. The molecule has 2 heterocycles. The normalized spacial score (nSPS) is 31.0. The fraction of sp³-hybridized carbons (Fsp3) is 1.00. The van der Waals surface area contributed by atoms with Crippen LogP contribution < -0.4 is 5.32 Å². The average Bonchev–Trinajstić information content (AvgIpc) is 3.05. The van der Waals surface area contributed by atoms with E-state index in [-0.39, 0.29) is 0 Å². The molecule has 1 saturated carbocycles. The van der Waals surface area contributed by atoms with E-state index in [1.165, 1.54) is 84.5 Å². The van der Waals surface area contributed by atoms with Crippen molar-refractivity contribution in [3.8, 4) is 0 Å². The highest BCUT2D eigenvalue weighted by molar-refractivity contribution is 4.80. The number of hydrogen-bond acceptors (Lipinski definition) is 3. The highest BCUT2D eigenvalue weighted by atomic mass is 15.3. The maximum absolute atomic E-state index is 3.47. The third-order valence-electron chi connectivity index (χ3n) is 4.93. The SMILES string of the molecule is C(CC1CCNC1)CN1CCN(CC2CC2)CC1. The number of nitrogens with zero attached hydrogens (tertiary/aromatic N) is 2. The van der Waals surface area contributed by atoms with Crippen LogP contribution in [0.1, 0.15) is 32.1 Å². The first kappa shape index (κ1) is 12.9. The van der Waals surface area contributed by atoms with E-state index >= 15 is 0 Å². The van der Waals surface area contributed by atoms with E-state index in [0.29, 0.717) is 0 Å². The average molecular weight is 251 g/mol. The largest absolute Gasteiger partial charge is 0.316 e. The minimum absolute atomic E-state index is 0.973. The molecule has 104 valence electrons. The van der Waals surface area contributed by atoms with Gasteiger partial charge in [-0.15, -0.1) is 0 Å². The van der Waals surface area contributed by atoms with Crippen LogP contribution in [0.3, 0.4) is 0 Å². The lowest BCUT2D eigenvalue weighted by atomic mass is 10.0. The smallest absolute Gasteiger partial charge is 0.0110 e. The van der Waals surface area contributed by atoms with Crippen molar-refractivity contribution in [1.29, 1.82) is 0 Å². The van der Waals surface area contributed by atoms with Crippen molar-refractivity contribution in [3.63, 3.8) is 0 Å². The van der Waals surface area contributed by atoms with Crippen molar-refractivity contribution < 1.29 is 0 Å². The minimum Gasteiger partial charge on any atom is -0.316 e. The molecule has 1 aliphatic carbocycles. The molecule has 0 aromatic carbocycles. The Labute approximate surface area is 112 Å². The molecule has 0 amide bonds. The molecular formula is C15H29N3. The van der Waals surface area contributed by atoms with Gasteiger partial charge in [0.05, 0.1) is 0 Å². The fourth-order valence-electron chi connectivity index (χ4n) is 3.43. The molecule has 1 atom stereocenters. The summed E-state index contributed by atoms with van der Waals surface area (Å²) in [6, 6.07) is 0. The monoisotopic (exact) mass is 251 g/mol. The van der Waals surface area contributed by atoms with E-state index in [0.717, 1.165) is 11.8 Å². The molecule has 1 N–H and O–H groups in total. The van der Waals surface area contributed by atoms with Gasteiger partial charge in [-0.1, -0.05) is 0 Å². The molecule has 3 nitrogen and oxygen atoms in total. The second-order valence-corrected chi connectivity index (χ2v) is 6.59. The number of hydrogen-bond donors (Lipinski definition) is 1. The Morgan fingerprint density at radius 1 is 0.889 bits per heavy atom. The highest BCUT2D eigenvalue weighted by Gasteiger charge is 2.26. The van der Waals surface area contributed by atoms with Crippen LogP contribution in [-0.2, 0) is 0 Å². The minimum atomic E-state index is 0.973. The topological polar surface area (TPSA) is 18.5 Å². The van der Waals surface area contributed by atoms with Crippen LogP contribution in [0.25, 0.3) is 0 Å². The molecule has 18 heavy (non-hydrogen) atoms. The van der Waals surface area contributed by atoms with Gasteiger partial charge in [0.2, 0.25) is 0 Å². The molecule has 2 saturated heterocycles. The fourth-order valence-corrected chi connectivity index (χ4v) is 3.43. The molecule has 1 unspecified atom stereocenters. The summed E-state index contributed by atoms with van der Waals surface area (Å²) in [5.74, 6) is 2.03. The number of rotatable bonds is 6. The standard InChI is InChI=1S/C15H29N3/c1(2-14-5-6-16-12-14)7-17-8-10-18(11-9-17)13-15-3-4-15/h14-16H,1-13H2. The van der Waals surface area contributed by atoms with Crippen LogP contribution in [0.5, 0.6) is 0 Å². The van der Waals surface area contributed by atoms with Crippen LogP contribution in [0, 0.1) is 11.8 Å². The lowest BCUT2D eigenvalue weighted by Crippen LogP contribution is -2.47. The lowest BCUT2D eigenvalue weighted by molar-refractivity contribution is 0.126. The summed E-state index contributed by atoms with van der Waals surface area (Å²) in [7, 11) is 0. The second kappa shape index (κ2) is 6.36. The quantitative estimate of drug-likeness (QED) is 0.770. The van der Waals surface area contributed by atoms with Crippen LogP contribution in [0.15, 0.2) is 0 Å². The van der Waals surface area contributed by atoms with Crippen LogP contribution >= 0.6 is 0 Å². The Balaban J connectivity index is 1.25. The molecule has 2 aliphatic heterocycles. The molecule has 3 aliphatic rings. The summed E-state index contributed by atoms with van der Waals surface area (Å²) in [5.41, 5.74) is 0. The zero-order valence-electron chi connectivity index (χ0n) is 11.7. The van der Waals surface area contributed by atoms with Gasteiger partial charge in [-0.3, -0.25) is 0 Å². The molecule has 0 aromatic rings. The predicted molar refractivity (Wildman–Crippen MR) is 75.8 cm³/mol. The van der Waals surface area contributed by atoms with Crippen molar-refractivity contribution in [2.24, 2.45) is 11.8 Å². The van der Waals surface area contributed by atoms with Gasteiger partial charge in [0.25, 0.3) is 0 Å². The Morgan fingerprint density at radius 2 is 1.67 bits per heavy atom. The highest BCUT2D eigenvalue weighted by Crippen LogP contribution is 2.29. The van der Waals surface area contributed by atoms with Gasteiger partial charge in [0, 0.05) is 32.7 Å². The zero-order chi connectivity index (χ0) is 12.2. The molecule has 0 spiro atoms. The summed E-state index contributed by atoms with van der Waals surface area (Å²) in [4.78, 5) is 5.38. The summed E-state index contributed by atoms with van der Waals surface area (Å²) < 4.78 is 0. The lowest BCUT2D eigenvalue weighted by Gasteiger charge is -2.34. The second-order valence-electron chi connectivity index (χ2n) is 6.59. The van der Waals surface area contributed by atoms with Crippen molar-refractivity contribution >= 4 is 0 Å². The Bertz CT molecular complexity index is 238.